The fourth-order valence-corrected chi connectivity index (χ4v) is 5.71. The second-order valence-corrected chi connectivity index (χ2v) is 10.0. The van der Waals surface area contributed by atoms with Crippen LogP contribution in [0.2, 0.25) is 0 Å². The number of aromatic nitrogens is 4. The van der Waals surface area contributed by atoms with E-state index in [9.17, 15) is 0 Å². The van der Waals surface area contributed by atoms with Crippen LogP contribution in [0.1, 0.15) is 36.1 Å². The number of nitrogens with zero attached hydrogens (tertiary/aromatic N) is 7. The first kappa shape index (κ1) is 19.6. The predicted molar refractivity (Wildman–Crippen MR) is 118 cm³/mol. The van der Waals surface area contributed by atoms with E-state index in [1.807, 2.05) is 17.9 Å². The standard InChI is InChI=1S/C23H33N7O/c1-27-12-19(10-25-27)14-29-15-20-11-24-22(30-6-8-31-9-7-30)26-21(20)23(17-29)4-5-28(16-23)13-18-2-3-18/h10-12,18H,2-9,13-17H2,1H3/t23-/m1/s1. The van der Waals surface area contributed by atoms with Crippen LogP contribution in [-0.4, -0.2) is 82.0 Å². The topological polar surface area (TPSA) is 62.6 Å². The highest BCUT2D eigenvalue weighted by atomic mass is 16.5. The van der Waals surface area contributed by atoms with E-state index in [1.54, 1.807) is 0 Å². The maximum Gasteiger partial charge on any atom is 0.225 e. The van der Waals surface area contributed by atoms with Crippen molar-refractivity contribution < 1.29 is 4.74 Å². The number of ether oxygens (including phenoxy) is 1. The first-order chi connectivity index (χ1) is 15.2. The Morgan fingerprint density at radius 1 is 1.10 bits per heavy atom. The summed E-state index contributed by atoms with van der Waals surface area (Å²) in [6.07, 6.45) is 10.2. The molecule has 0 amide bonds. The molecule has 2 aromatic rings. The number of hydrogen-bond acceptors (Lipinski definition) is 7. The van der Waals surface area contributed by atoms with Gasteiger partial charge in [0.15, 0.2) is 0 Å². The van der Waals surface area contributed by atoms with E-state index in [0.717, 1.165) is 64.3 Å². The van der Waals surface area contributed by atoms with Gasteiger partial charge < -0.3 is 14.5 Å². The first-order valence-electron chi connectivity index (χ1n) is 11.8. The SMILES string of the molecule is Cn1cc(CN2Cc3cnc(N4CCOCC4)nc3[C@@]3(CCN(CC4CC4)C3)C2)cn1. The van der Waals surface area contributed by atoms with Crippen LogP contribution in [0.5, 0.6) is 0 Å². The smallest absolute Gasteiger partial charge is 0.225 e. The monoisotopic (exact) mass is 423 g/mol. The fourth-order valence-electron chi connectivity index (χ4n) is 5.71. The molecule has 1 spiro atoms. The van der Waals surface area contributed by atoms with Crippen molar-refractivity contribution in [3.05, 3.63) is 35.4 Å². The molecule has 8 nitrogen and oxygen atoms in total. The summed E-state index contributed by atoms with van der Waals surface area (Å²) in [5.74, 6) is 1.82. The van der Waals surface area contributed by atoms with E-state index in [2.05, 4.69) is 32.2 Å². The summed E-state index contributed by atoms with van der Waals surface area (Å²) in [6.45, 7) is 9.78. The van der Waals surface area contributed by atoms with Crippen molar-refractivity contribution in [1.82, 2.24) is 29.5 Å². The zero-order chi connectivity index (χ0) is 20.8. The van der Waals surface area contributed by atoms with Crippen molar-refractivity contribution in [2.24, 2.45) is 13.0 Å². The molecule has 8 heteroatoms. The molecule has 0 unspecified atom stereocenters. The Balaban J connectivity index is 1.30. The number of morpholine rings is 1. The van der Waals surface area contributed by atoms with E-state index in [0.29, 0.717) is 0 Å². The average Bonchev–Trinajstić information content (AvgIpc) is 3.38. The molecule has 5 heterocycles. The van der Waals surface area contributed by atoms with E-state index < -0.39 is 0 Å². The van der Waals surface area contributed by atoms with Crippen molar-refractivity contribution in [3.63, 3.8) is 0 Å². The van der Waals surface area contributed by atoms with Crippen molar-refractivity contribution in [2.75, 3.05) is 57.4 Å². The van der Waals surface area contributed by atoms with Gasteiger partial charge >= 0.3 is 0 Å². The van der Waals surface area contributed by atoms with Crippen molar-refractivity contribution in [3.8, 4) is 0 Å². The number of aryl methyl sites for hydroxylation is 1. The number of rotatable bonds is 5. The summed E-state index contributed by atoms with van der Waals surface area (Å²) in [6, 6.07) is 0. The molecule has 3 aliphatic heterocycles. The van der Waals surface area contributed by atoms with Gasteiger partial charge in [0.05, 0.1) is 25.1 Å². The molecule has 1 aliphatic carbocycles. The normalized spacial score (nSPS) is 27.2. The van der Waals surface area contributed by atoms with Crippen molar-refractivity contribution >= 4 is 5.95 Å². The minimum absolute atomic E-state index is 0.106. The van der Waals surface area contributed by atoms with Gasteiger partial charge in [-0.15, -0.1) is 0 Å². The highest BCUT2D eigenvalue weighted by Crippen LogP contribution is 2.42. The highest BCUT2D eigenvalue weighted by molar-refractivity contribution is 5.39. The van der Waals surface area contributed by atoms with Crippen molar-refractivity contribution in [2.45, 2.75) is 37.8 Å². The molecule has 166 valence electrons. The molecule has 2 saturated heterocycles. The summed E-state index contributed by atoms with van der Waals surface area (Å²) < 4.78 is 7.44. The zero-order valence-electron chi connectivity index (χ0n) is 18.5. The Kier molecular flexibility index (Phi) is 4.96. The number of anilines is 1. The summed E-state index contributed by atoms with van der Waals surface area (Å²) >= 11 is 0. The molecule has 2 aromatic heterocycles. The van der Waals surface area contributed by atoms with Crippen LogP contribution < -0.4 is 4.90 Å². The van der Waals surface area contributed by atoms with Gasteiger partial charge in [-0.1, -0.05) is 0 Å². The Morgan fingerprint density at radius 3 is 2.71 bits per heavy atom. The molecule has 1 atom stereocenters. The molecule has 0 bridgehead atoms. The van der Waals surface area contributed by atoms with Gasteiger partial charge in [-0.25, -0.2) is 9.97 Å². The van der Waals surface area contributed by atoms with Gasteiger partial charge in [0, 0.05) is 81.8 Å². The lowest BCUT2D eigenvalue weighted by Gasteiger charge is -2.41. The molecule has 3 fully saturated rings. The lowest BCUT2D eigenvalue weighted by Crippen LogP contribution is -2.48. The van der Waals surface area contributed by atoms with E-state index in [4.69, 9.17) is 14.7 Å². The van der Waals surface area contributed by atoms with Gasteiger partial charge in [0.25, 0.3) is 0 Å². The molecule has 0 radical (unpaired) electrons. The molecule has 1 saturated carbocycles. The lowest BCUT2D eigenvalue weighted by atomic mass is 9.78. The molecule has 31 heavy (non-hydrogen) atoms. The third kappa shape index (κ3) is 3.97. The van der Waals surface area contributed by atoms with E-state index in [-0.39, 0.29) is 5.41 Å². The summed E-state index contributed by atoms with van der Waals surface area (Å²) in [4.78, 5) is 17.6. The first-order valence-corrected chi connectivity index (χ1v) is 11.8. The Morgan fingerprint density at radius 2 is 1.94 bits per heavy atom. The lowest BCUT2D eigenvalue weighted by molar-refractivity contribution is 0.121. The van der Waals surface area contributed by atoms with E-state index >= 15 is 0 Å². The van der Waals surface area contributed by atoms with Gasteiger partial charge in [0.1, 0.15) is 0 Å². The second-order valence-electron chi connectivity index (χ2n) is 10.0. The molecular weight excluding hydrogens is 390 g/mol. The van der Waals surface area contributed by atoms with Crippen LogP contribution in [0, 0.1) is 5.92 Å². The molecule has 6 rings (SSSR count). The van der Waals surface area contributed by atoms with Crippen molar-refractivity contribution in [1.29, 1.82) is 0 Å². The maximum absolute atomic E-state index is 5.54. The maximum atomic E-state index is 5.54. The predicted octanol–water partition coefficient (Wildman–Crippen LogP) is 1.42. The second kappa shape index (κ2) is 7.83. The molecule has 0 N–H and O–H groups in total. The minimum atomic E-state index is 0.106. The van der Waals surface area contributed by atoms with Crippen LogP contribution in [0.15, 0.2) is 18.6 Å². The van der Waals surface area contributed by atoms with E-state index in [1.165, 1.54) is 49.2 Å². The largest absolute Gasteiger partial charge is 0.378 e. The van der Waals surface area contributed by atoms with Crippen LogP contribution in [0.25, 0.3) is 0 Å². The molecule has 0 aromatic carbocycles. The van der Waals surface area contributed by atoms with Crippen LogP contribution in [0.4, 0.5) is 5.95 Å². The Labute approximate surface area is 184 Å². The van der Waals surface area contributed by atoms with Gasteiger partial charge in [-0.05, 0) is 31.7 Å². The highest BCUT2D eigenvalue weighted by Gasteiger charge is 2.47. The minimum Gasteiger partial charge on any atom is -0.378 e. The number of fused-ring (bicyclic) bond motifs is 2. The quantitative estimate of drug-likeness (QED) is 0.721. The number of likely N-dealkylation sites (tertiary alicyclic amines) is 1. The van der Waals surface area contributed by atoms with Crippen LogP contribution in [-0.2, 0) is 30.3 Å². The van der Waals surface area contributed by atoms with Crippen LogP contribution >= 0.6 is 0 Å². The summed E-state index contributed by atoms with van der Waals surface area (Å²) in [5, 5.41) is 4.37. The molecule has 4 aliphatic rings. The Bertz CT molecular complexity index is 936. The summed E-state index contributed by atoms with van der Waals surface area (Å²) in [7, 11) is 1.99. The molecular formula is C23H33N7O. The third-order valence-electron chi connectivity index (χ3n) is 7.38. The fraction of sp³-hybridized carbons (Fsp3) is 0.696. The van der Waals surface area contributed by atoms with Gasteiger partial charge in [-0.2, -0.15) is 5.10 Å². The van der Waals surface area contributed by atoms with Gasteiger partial charge in [-0.3, -0.25) is 9.58 Å². The zero-order valence-corrected chi connectivity index (χ0v) is 18.5. The summed E-state index contributed by atoms with van der Waals surface area (Å²) in [5.41, 5.74) is 4.00. The average molecular weight is 424 g/mol. The third-order valence-corrected chi connectivity index (χ3v) is 7.38. The number of hydrogen-bond donors (Lipinski definition) is 0. The van der Waals surface area contributed by atoms with Gasteiger partial charge in [0.2, 0.25) is 5.95 Å². The Hall–Kier alpha value is -2.03. The van der Waals surface area contributed by atoms with Crippen LogP contribution in [0.3, 0.4) is 0 Å².